The lowest BCUT2D eigenvalue weighted by Crippen LogP contribution is -2.43. The molecule has 0 saturated heterocycles. The lowest BCUT2D eigenvalue weighted by molar-refractivity contribution is -0.384. The highest BCUT2D eigenvalue weighted by Gasteiger charge is 2.17. The van der Waals surface area contributed by atoms with E-state index in [-0.39, 0.29) is 11.4 Å². The maximum absolute atomic E-state index is 11.5. The molecule has 0 aromatic heterocycles. The highest BCUT2D eigenvalue weighted by atomic mass is 16.6. The van der Waals surface area contributed by atoms with Gasteiger partial charge >= 0.3 is 6.03 Å². The van der Waals surface area contributed by atoms with Crippen LogP contribution in [0.1, 0.15) is 6.92 Å². The fourth-order valence-electron chi connectivity index (χ4n) is 1.20. The normalized spacial score (nSPS) is 11.3. The van der Waals surface area contributed by atoms with Gasteiger partial charge in [-0.15, -0.1) is 0 Å². The molecule has 0 unspecified atom stereocenters. The van der Waals surface area contributed by atoms with Gasteiger partial charge in [0, 0.05) is 13.1 Å². The van der Waals surface area contributed by atoms with Crippen LogP contribution in [0.3, 0.4) is 0 Å². The van der Waals surface area contributed by atoms with E-state index in [1.807, 2.05) is 5.32 Å². The molecule has 1 aromatic carbocycles. The molecular weight excluding hydrogens is 254 g/mol. The van der Waals surface area contributed by atoms with Gasteiger partial charge in [-0.05, 0) is 13.0 Å². The van der Waals surface area contributed by atoms with E-state index in [1.54, 1.807) is 0 Å². The van der Waals surface area contributed by atoms with Gasteiger partial charge in [0.05, 0.1) is 11.0 Å². The average molecular weight is 267 g/mol. The Hall–Kier alpha value is -2.64. The van der Waals surface area contributed by atoms with Gasteiger partial charge in [-0.3, -0.25) is 20.2 Å². The zero-order valence-electron chi connectivity index (χ0n) is 10.4. The second kappa shape index (κ2) is 6.34. The quantitative estimate of drug-likeness (QED) is 0.619. The number of nitro benzene ring substituents is 1. The van der Waals surface area contributed by atoms with E-state index in [2.05, 4.69) is 5.32 Å². The van der Waals surface area contributed by atoms with Crippen molar-refractivity contribution in [3.8, 4) is 5.75 Å². The number of nitro groups is 1. The van der Waals surface area contributed by atoms with Crippen LogP contribution in [-0.4, -0.2) is 30.0 Å². The first-order valence-corrected chi connectivity index (χ1v) is 5.37. The van der Waals surface area contributed by atoms with Gasteiger partial charge in [0.2, 0.25) is 0 Å². The van der Waals surface area contributed by atoms with Crippen LogP contribution in [0.5, 0.6) is 5.75 Å². The molecule has 0 aliphatic rings. The molecule has 1 rings (SSSR count). The van der Waals surface area contributed by atoms with Gasteiger partial charge in [-0.1, -0.05) is 6.07 Å². The Bertz CT molecular complexity index is 503. The topological polar surface area (TPSA) is 111 Å². The summed E-state index contributed by atoms with van der Waals surface area (Å²) >= 11 is 0. The van der Waals surface area contributed by atoms with Crippen molar-refractivity contribution in [1.29, 1.82) is 0 Å². The van der Waals surface area contributed by atoms with Gasteiger partial charge in [0.25, 0.3) is 11.6 Å². The fraction of sp³-hybridized carbons (Fsp3) is 0.273. The lowest BCUT2D eigenvalue weighted by Gasteiger charge is -2.13. The predicted octanol–water partition coefficient (Wildman–Crippen LogP) is 0.818. The second-order valence-corrected chi connectivity index (χ2v) is 3.58. The van der Waals surface area contributed by atoms with Crippen molar-refractivity contribution in [2.75, 3.05) is 7.05 Å². The minimum atomic E-state index is -0.959. The van der Waals surface area contributed by atoms with Crippen LogP contribution in [0.15, 0.2) is 24.3 Å². The van der Waals surface area contributed by atoms with E-state index in [0.29, 0.717) is 0 Å². The van der Waals surface area contributed by atoms with E-state index >= 15 is 0 Å². The number of urea groups is 1. The number of benzene rings is 1. The lowest BCUT2D eigenvalue weighted by atomic mass is 10.3. The van der Waals surface area contributed by atoms with E-state index in [4.69, 9.17) is 4.74 Å². The fourth-order valence-corrected chi connectivity index (χ4v) is 1.20. The Morgan fingerprint density at radius 2 is 2.11 bits per heavy atom. The Balaban J connectivity index is 2.68. The number of nitrogens with one attached hydrogen (secondary N) is 2. The molecule has 0 radical (unpaired) electrons. The van der Waals surface area contributed by atoms with Gasteiger partial charge in [-0.2, -0.15) is 0 Å². The monoisotopic (exact) mass is 267 g/mol. The van der Waals surface area contributed by atoms with Gasteiger partial charge in [0.1, 0.15) is 5.75 Å². The number of hydrogen-bond donors (Lipinski definition) is 2. The van der Waals surface area contributed by atoms with Crippen LogP contribution in [0, 0.1) is 10.1 Å². The molecule has 0 bridgehead atoms. The number of nitrogens with zero attached hydrogens (tertiary/aromatic N) is 1. The number of rotatable bonds is 4. The van der Waals surface area contributed by atoms with Crippen LogP contribution in [0.4, 0.5) is 10.5 Å². The van der Waals surface area contributed by atoms with Crippen molar-refractivity contribution >= 4 is 17.6 Å². The number of non-ortho nitro benzene ring substituents is 1. The summed E-state index contributed by atoms with van der Waals surface area (Å²) in [5.74, 6) is -0.473. The Labute approximate surface area is 108 Å². The van der Waals surface area contributed by atoms with Crippen LogP contribution in [0.25, 0.3) is 0 Å². The van der Waals surface area contributed by atoms with Crippen molar-refractivity contribution < 1.29 is 19.2 Å². The summed E-state index contributed by atoms with van der Waals surface area (Å²) in [5, 5.41) is 14.8. The minimum absolute atomic E-state index is 0.142. The molecule has 2 N–H and O–H groups in total. The van der Waals surface area contributed by atoms with Crippen LogP contribution in [0.2, 0.25) is 0 Å². The largest absolute Gasteiger partial charge is 0.481 e. The van der Waals surface area contributed by atoms with Gasteiger partial charge in [0.15, 0.2) is 6.10 Å². The first-order valence-electron chi connectivity index (χ1n) is 5.37. The highest BCUT2D eigenvalue weighted by Crippen LogP contribution is 2.20. The Morgan fingerprint density at radius 3 is 2.68 bits per heavy atom. The van der Waals surface area contributed by atoms with E-state index < -0.39 is 23.0 Å². The number of amides is 3. The zero-order valence-corrected chi connectivity index (χ0v) is 10.4. The molecule has 0 spiro atoms. The molecule has 0 saturated carbocycles. The van der Waals surface area contributed by atoms with Crippen LogP contribution in [-0.2, 0) is 4.79 Å². The zero-order chi connectivity index (χ0) is 14.4. The van der Waals surface area contributed by atoms with E-state index in [0.717, 1.165) is 0 Å². The summed E-state index contributed by atoms with van der Waals surface area (Å²) < 4.78 is 5.22. The summed E-state index contributed by atoms with van der Waals surface area (Å²) in [6.45, 7) is 1.43. The minimum Gasteiger partial charge on any atom is -0.481 e. The molecule has 0 fully saturated rings. The standard InChI is InChI=1S/C11H13N3O5/c1-7(10(15)13-11(16)12-2)19-9-5-3-4-8(6-9)14(17)18/h3-7H,1-2H3,(H2,12,13,15,16)/t7-/m0/s1. The first kappa shape index (κ1) is 14.4. The smallest absolute Gasteiger partial charge is 0.321 e. The Morgan fingerprint density at radius 1 is 1.42 bits per heavy atom. The molecule has 1 aromatic rings. The molecule has 0 aliphatic carbocycles. The number of ether oxygens (including phenoxy) is 1. The molecule has 3 amide bonds. The van der Waals surface area contributed by atoms with E-state index in [1.165, 1.54) is 38.2 Å². The highest BCUT2D eigenvalue weighted by molar-refractivity contribution is 5.96. The van der Waals surface area contributed by atoms with Crippen LogP contribution >= 0.6 is 0 Å². The third kappa shape index (κ3) is 4.26. The number of hydrogen-bond acceptors (Lipinski definition) is 5. The maximum atomic E-state index is 11.5. The second-order valence-electron chi connectivity index (χ2n) is 3.58. The van der Waals surface area contributed by atoms with Gasteiger partial charge in [-0.25, -0.2) is 4.79 Å². The molecule has 102 valence electrons. The molecule has 8 heteroatoms. The van der Waals surface area contributed by atoms with Crippen molar-refractivity contribution in [2.45, 2.75) is 13.0 Å². The van der Waals surface area contributed by atoms with Crippen molar-refractivity contribution in [3.63, 3.8) is 0 Å². The SMILES string of the molecule is CNC(=O)NC(=O)[C@H](C)Oc1cccc([N+](=O)[O-])c1. The molecule has 1 atom stereocenters. The third-order valence-electron chi connectivity index (χ3n) is 2.17. The van der Waals surface area contributed by atoms with Crippen LogP contribution < -0.4 is 15.4 Å². The molecule has 8 nitrogen and oxygen atoms in total. The molecule has 0 aliphatic heterocycles. The van der Waals surface area contributed by atoms with Crippen molar-refractivity contribution in [2.24, 2.45) is 0 Å². The third-order valence-corrected chi connectivity index (χ3v) is 2.17. The molecule has 0 heterocycles. The predicted molar refractivity (Wildman–Crippen MR) is 65.8 cm³/mol. The summed E-state index contributed by atoms with van der Waals surface area (Å²) in [7, 11) is 1.37. The summed E-state index contributed by atoms with van der Waals surface area (Å²) in [4.78, 5) is 32.4. The Kier molecular flexibility index (Phi) is 4.81. The summed E-state index contributed by atoms with van der Waals surface area (Å²) in [6, 6.07) is 4.78. The molecular formula is C11H13N3O5. The van der Waals surface area contributed by atoms with Gasteiger partial charge < -0.3 is 10.1 Å². The first-order chi connectivity index (χ1) is 8.93. The number of carbonyl (C=O) groups is 2. The van der Waals surface area contributed by atoms with E-state index in [9.17, 15) is 19.7 Å². The van der Waals surface area contributed by atoms with Crippen molar-refractivity contribution in [3.05, 3.63) is 34.4 Å². The summed E-state index contributed by atoms with van der Waals surface area (Å²) in [5.41, 5.74) is -0.142. The average Bonchev–Trinajstić information content (AvgIpc) is 2.38. The number of carbonyl (C=O) groups excluding carboxylic acids is 2. The number of imide groups is 1. The molecule has 19 heavy (non-hydrogen) atoms. The summed E-state index contributed by atoms with van der Waals surface area (Å²) in [6.07, 6.45) is -0.959. The maximum Gasteiger partial charge on any atom is 0.321 e. The van der Waals surface area contributed by atoms with Crippen molar-refractivity contribution in [1.82, 2.24) is 10.6 Å².